The van der Waals surface area contributed by atoms with Gasteiger partial charge in [0, 0.05) is 12.6 Å². The first-order chi connectivity index (χ1) is 8.63. The third kappa shape index (κ3) is 3.31. The van der Waals surface area contributed by atoms with E-state index in [-0.39, 0.29) is 12.5 Å². The lowest BCUT2D eigenvalue weighted by Gasteiger charge is -2.05. The maximum Gasteiger partial charge on any atom is 0.264 e. The maximum atomic E-state index is 10.8. The molecular formula is C12H13N3O3. The van der Waals surface area contributed by atoms with Crippen LogP contribution in [0.4, 0.5) is 5.69 Å². The fourth-order valence-electron chi connectivity index (χ4n) is 1.38. The lowest BCUT2D eigenvalue weighted by Crippen LogP contribution is -2.05. The molecule has 0 fully saturated rings. The summed E-state index contributed by atoms with van der Waals surface area (Å²) in [6.07, 6.45) is 0. The molecule has 18 heavy (non-hydrogen) atoms. The Labute approximate surface area is 104 Å². The molecular weight excluding hydrogens is 234 g/mol. The molecule has 6 nitrogen and oxygen atoms in total. The number of nitrogens with zero attached hydrogens (tertiary/aromatic N) is 2. The number of hydrogen-bond acceptors (Lipinski definition) is 5. The highest BCUT2D eigenvalue weighted by Crippen LogP contribution is 2.16. The molecule has 0 radical (unpaired) electrons. The number of carbonyl (C=O) groups excluding carboxylic acids is 1. The highest BCUT2D eigenvalue weighted by molar-refractivity contribution is 5.88. The van der Waals surface area contributed by atoms with Crippen LogP contribution in [-0.4, -0.2) is 16.0 Å². The molecule has 0 saturated carbocycles. The first-order valence-electron chi connectivity index (χ1n) is 5.43. The standard InChI is InChI=1S/C12H13N3O3/c1-8-13-12(18-15-8)7-17-11-5-3-10(4-6-11)14-9(2)16/h3-6H,7H2,1-2H3,(H,14,16). The van der Waals surface area contributed by atoms with Crippen LogP contribution >= 0.6 is 0 Å². The highest BCUT2D eigenvalue weighted by Gasteiger charge is 2.03. The summed E-state index contributed by atoms with van der Waals surface area (Å²) in [6.45, 7) is 3.43. The maximum absolute atomic E-state index is 10.8. The topological polar surface area (TPSA) is 77.2 Å². The minimum Gasteiger partial charge on any atom is -0.484 e. The van der Waals surface area contributed by atoms with Crippen LogP contribution in [0, 0.1) is 6.92 Å². The summed E-state index contributed by atoms with van der Waals surface area (Å²) in [4.78, 5) is 14.9. The lowest BCUT2D eigenvalue weighted by molar-refractivity contribution is -0.114. The zero-order chi connectivity index (χ0) is 13.0. The normalized spacial score (nSPS) is 10.1. The lowest BCUT2D eigenvalue weighted by atomic mass is 10.3. The van der Waals surface area contributed by atoms with Gasteiger partial charge in [-0.15, -0.1) is 0 Å². The van der Waals surface area contributed by atoms with Gasteiger partial charge < -0.3 is 14.6 Å². The molecule has 1 aromatic carbocycles. The molecule has 0 aliphatic carbocycles. The summed E-state index contributed by atoms with van der Waals surface area (Å²) in [7, 11) is 0. The summed E-state index contributed by atoms with van der Waals surface area (Å²) < 4.78 is 10.4. The summed E-state index contributed by atoms with van der Waals surface area (Å²) >= 11 is 0. The average Bonchev–Trinajstić information content (AvgIpc) is 2.74. The van der Waals surface area contributed by atoms with Crippen molar-refractivity contribution in [1.29, 1.82) is 0 Å². The SMILES string of the molecule is CC(=O)Nc1ccc(OCc2nc(C)no2)cc1. The van der Waals surface area contributed by atoms with Gasteiger partial charge in [-0.1, -0.05) is 5.16 Å². The van der Waals surface area contributed by atoms with Crippen molar-refractivity contribution in [3.63, 3.8) is 0 Å². The van der Waals surface area contributed by atoms with Gasteiger partial charge in [-0.25, -0.2) is 0 Å². The van der Waals surface area contributed by atoms with Crippen molar-refractivity contribution in [2.45, 2.75) is 20.5 Å². The van der Waals surface area contributed by atoms with Crippen LogP contribution in [0.25, 0.3) is 0 Å². The Hall–Kier alpha value is -2.37. The largest absolute Gasteiger partial charge is 0.484 e. The first kappa shape index (κ1) is 12.1. The molecule has 0 unspecified atom stereocenters. The van der Waals surface area contributed by atoms with Gasteiger partial charge in [0.15, 0.2) is 12.4 Å². The summed E-state index contributed by atoms with van der Waals surface area (Å²) in [5.74, 6) is 1.57. The molecule has 0 saturated heterocycles. The molecule has 0 atom stereocenters. The van der Waals surface area contributed by atoms with Gasteiger partial charge in [0.1, 0.15) is 5.75 Å². The smallest absolute Gasteiger partial charge is 0.264 e. The minimum atomic E-state index is -0.106. The molecule has 0 spiro atoms. The number of carbonyl (C=O) groups is 1. The second-order valence-electron chi connectivity index (χ2n) is 3.73. The van der Waals surface area contributed by atoms with E-state index in [1.165, 1.54) is 6.92 Å². The minimum absolute atomic E-state index is 0.106. The number of amides is 1. The van der Waals surface area contributed by atoms with Crippen LogP contribution in [0.1, 0.15) is 18.6 Å². The summed E-state index contributed by atoms with van der Waals surface area (Å²) in [6, 6.07) is 7.04. The van der Waals surface area contributed by atoms with Gasteiger partial charge in [-0.05, 0) is 31.2 Å². The number of aromatic nitrogens is 2. The molecule has 1 N–H and O–H groups in total. The molecule has 0 aliphatic heterocycles. The van der Waals surface area contributed by atoms with Gasteiger partial charge in [-0.2, -0.15) is 4.98 Å². The van der Waals surface area contributed by atoms with Gasteiger partial charge in [0.05, 0.1) is 0 Å². The highest BCUT2D eigenvalue weighted by atomic mass is 16.5. The van der Waals surface area contributed by atoms with E-state index in [1.807, 2.05) is 0 Å². The number of ether oxygens (including phenoxy) is 1. The zero-order valence-corrected chi connectivity index (χ0v) is 10.1. The van der Waals surface area contributed by atoms with Crippen molar-refractivity contribution in [1.82, 2.24) is 10.1 Å². The van der Waals surface area contributed by atoms with Crippen LogP contribution in [0.3, 0.4) is 0 Å². The van der Waals surface area contributed by atoms with Crippen LogP contribution in [0.5, 0.6) is 5.75 Å². The van der Waals surface area contributed by atoms with Gasteiger partial charge in [-0.3, -0.25) is 4.79 Å². The predicted molar refractivity (Wildman–Crippen MR) is 64.1 cm³/mol. The average molecular weight is 247 g/mol. The Morgan fingerprint density at radius 2 is 2.11 bits per heavy atom. The molecule has 1 heterocycles. The van der Waals surface area contributed by atoms with Crippen LogP contribution in [0.15, 0.2) is 28.8 Å². The number of benzene rings is 1. The number of anilines is 1. The fraction of sp³-hybridized carbons (Fsp3) is 0.250. The molecule has 0 aliphatic rings. The van der Waals surface area contributed by atoms with Crippen molar-refractivity contribution in [2.75, 3.05) is 5.32 Å². The van der Waals surface area contributed by atoms with E-state index in [4.69, 9.17) is 9.26 Å². The Balaban J connectivity index is 1.92. The molecule has 2 aromatic rings. The zero-order valence-electron chi connectivity index (χ0n) is 10.1. The quantitative estimate of drug-likeness (QED) is 0.893. The second-order valence-corrected chi connectivity index (χ2v) is 3.73. The van der Waals surface area contributed by atoms with E-state index in [2.05, 4.69) is 15.5 Å². The monoisotopic (exact) mass is 247 g/mol. The molecule has 2 rings (SSSR count). The van der Waals surface area contributed by atoms with E-state index in [1.54, 1.807) is 31.2 Å². The first-order valence-corrected chi connectivity index (χ1v) is 5.43. The number of rotatable bonds is 4. The number of hydrogen-bond donors (Lipinski definition) is 1. The Kier molecular flexibility index (Phi) is 3.57. The van der Waals surface area contributed by atoms with E-state index >= 15 is 0 Å². The van der Waals surface area contributed by atoms with Crippen molar-refractivity contribution in [2.24, 2.45) is 0 Å². The molecule has 0 bridgehead atoms. The molecule has 94 valence electrons. The van der Waals surface area contributed by atoms with Crippen molar-refractivity contribution >= 4 is 11.6 Å². The molecule has 1 aromatic heterocycles. The fourth-order valence-corrected chi connectivity index (χ4v) is 1.38. The Bertz CT molecular complexity index is 534. The summed E-state index contributed by atoms with van der Waals surface area (Å²) in [5, 5.41) is 6.34. The van der Waals surface area contributed by atoms with Crippen molar-refractivity contribution in [3.8, 4) is 5.75 Å². The van der Waals surface area contributed by atoms with E-state index in [0.29, 0.717) is 17.5 Å². The van der Waals surface area contributed by atoms with E-state index in [9.17, 15) is 4.79 Å². The second kappa shape index (κ2) is 5.31. The number of nitrogens with one attached hydrogen (secondary N) is 1. The van der Waals surface area contributed by atoms with E-state index in [0.717, 1.165) is 5.69 Å². The molecule has 6 heteroatoms. The Morgan fingerprint density at radius 1 is 1.39 bits per heavy atom. The predicted octanol–water partition coefficient (Wildman–Crippen LogP) is 1.92. The summed E-state index contributed by atoms with van der Waals surface area (Å²) in [5.41, 5.74) is 0.725. The van der Waals surface area contributed by atoms with Crippen molar-refractivity contribution < 1.29 is 14.1 Å². The number of aryl methyl sites for hydroxylation is 1. The molecule has 1 amide bonds. The van der Waals surface area contributed by atoms with Crippen molar-refractivity contribution in [3.05, 3.63) is 36.0 Å². The third-order valence-electron chi connectivity index (χ3n) is 2.11. The van der Waals surface area contributed by atoms with Crippen LogP contribution in [-0.2, 0) is 11.4 Å². The van der Waals surface area contributed by atoms with Gasteiger partial charge in [0.25, 0.3) is 5.89 Å². The van der Waals surface area contributed by atoms with Gasteiger partial charge in [0.2, 0.25) is 5.91 Å². The van der Waals surface area contributed by atoms with Crippen LogP contribution in [0.2, 0.25) is 0 Å². The Morgan fingerprint density at radius 3 is 2.67 bits per heavy atom. The third-order valence-corrected chi connectivity index (χ3v) is 2.11. The van der Waals surface area contributed by atoms with E-state index < -0.39 is 0 Å². The van der Waals surface area contributed by atoms with Crippen LogP contribution < -0.4 is 10.1 Å². The van der Waals surface area contributed by atoms with Gasteiger partial charge >= 0.3 is 0 Å².